The summed E-state index contributed by atoms with van der Waals surface area (Å²) in [6, 6.07) is 8.88. The van der Waals surface area contributed by atoms with Crippen LogP contribution in [-0.2, 0) is 0 Å². The van der Waals surface area contributed by atoms with Crippen LogP contribution in [0.5, 0.6) is 0 Å². The minimum Gasteiger partial charge on any atom is -0.618 e. The van der Waals surface area contributed by atoms with Crippen molar-refractivity contribution in [3.63, 3.8) is 0 Å². The molecule has 0 amide bonds. The van der Waals surface area contributed by atoms with Gasteiger partial charge in [-0.1, -0.05) is 18.2 Å². The lowest BCUT2D eigenvalue weighted by Crippen LogP contribution is -2.09. The van der Waals surface area contributed by atoms with Crippen LogP contribution in [0.4, 0.5) is 5.69 Å². The summed E-state index contributed by atoms with van der Waals surface area (Å²) in [5.41, 5.74) is 0.562. The fourth-order valence-corrected chi connectivity index (χ4v) is 1.43. The quantitative estimate of drug-likeness (QED) is 0.276. The molecule has 0 saturated heterocycles. The van der Waals surface area contributed by atoms with Crippen LogP contribution < -0.4 is 0 Å². The second kappa shape index (κ2) is 6.43. The van der Waals surface area contributed by atoms with Crippen LogP contribution in [0.25, 0.3) is 0 Å². The zero-order chi connectivity index (χ0) is 11.1. The van der Waals surface area contributed by atoms with Crippen LogP contribution in [0.15, 0.2) is 30.3 Å². The van der Waals surface area contributed by atoms with E-state index in [0.717, 1.165) is 4.74 Å². The molecule has 1 rings (SSSR count). The molecule has 82 valence electrons. The smallest absolute Gasteiger partial charge is 0.216 e. The van der Waals surface area contributed by atoms with Gasteiger partial charge in [0.2, 0.25) is 5.69 Å². The average Bonchev–Trinajstić information content (AvgIpc) is 2.27. The Hall–Kier alpha value is -1.06. The molecule has 15 heavy (non-hydrogen) atoms. The topological polar surface area (TPSA) is 46.3 Å². The van der Waals surface area contributed by atoms with Crippen molar-refractivity contribution < 1.29 is 9.85 Å². The largest absolute Gasteiger partial charge is 0.618 e. The molecule has 0 aliphatic rings. The summed E-state index contributed by atoms with van der Waals surface area (Å²) in [5, 5.41) is 19.8. The number of aliphatic hydroxyl groups is 1. The number of aliphatic hydroxyl groups excluding tert-OH is 1. The van der Waals surface area contributed by atoms with Crippen molar-refractivity contribution in [2.24, 2.45) is 0 Å². The van der Waals surface area contributed by atoms with E-state index in [1.165, 1.54) is 6.21 Å². The van der Waals surface area contributed by atoms with Gasteiger partial charge in [-0.25, -0.2) is 0 Å². The zero-order valence-corrected chi connectivity index (χ0v) is 9.10. The number of halogens is 1. The first-order valence-corrected chi connectivity index (χ1v) is 5.29. The van der Waals surface area contributed by atoms with Gasteiger partial charge in [-0.2, -0.15) is 4.74 Å². The van der Waals surface area contributed by atoms with E-state index in [1.54, 1.807) is 24.3 Å². The monoisotopic (exact) mass is 227 g/mol. The Morgan fingerprint density at radius 1 is 1.40 bits per heavy atom. The highest BCUT2D eigenvalue weighted by Crippen LogP contribution is 2.10. The summed E-state index contributed by atoms with van der Waals surface area (Å²) in [4.78, 5) is 0. The Bertz CT molecular complexity index is 314. The third kappa shape index (κ3) is 4.32. The Balaban J connectivity index is 2.59. The zero-order valence-electron chi connectivity index (χ0n) is 8.34. The predicted molar refractivity (Wildman–Crippen MR) is 61.8 cm³/mol. The second-order valence-corrected chi connectivity index (χ2v) is 3.75. The molecule has 1 unspecified atom stereocenters. The van der Waals surface area contributed by atoms with Gasteiger partial charge in [-0.15, -0.1) is 11.6 Å². The van der Waals surface area contributed by atoms with Gasteiger partial charge in [0.25, 0.3) is 0 Å². The third-order valence-corrected chi connectivity index (χ3v) is 2.28. The molecule has 0 spiro atoms. The van der Waals surface area contributed by atoms with Crippen molar-refractivity contribution in [2.75, 3.05) is 6.61 Å². The van der Waals surface area contributed by atoms with Crippen molar-refractivity contribution >= 4 is 23.5 Å². The molecule has 1 aromatic carbocycles. The summed E-state index contributed by atoms with van der Waals surface area (Å²) in [6.07, 6.45) is 2.61. The molecule has 1 atom stereocenters. The maximum Gasteiger partial charge on any atom is 0.216 e. The lowest BCUT2D eigenvalue weighted by Gasteiger charge is -2.05. The molecule has 0 aliphatic carbocycles. The van der Waals surface area contributed by atoms with E-state index in [4.69, 9.17) is 16.7 Å². The summed E-state index contributed by atoms with van der Waals surface area (Å²) in [5.74, 6) is 0. The van der Waals surface area contributed by atoms with Crippen molar-refractivity contribution in [1.29, 1.82) is 0 Å². The molecule has 0 aliphatic heterocycles. The van der Waals surface area contributed by atoms with Crippen LogP contribution in [0.1, 0.15) is 12.8 Å². The summed E-state index contributed by atoms with van der Waals surface area (Å²) in [6.45, 7) is 0.0985. The number of hydrogen-bond acceptors (Lipinski definition) is 2. The molecule has 3 nitrogen and oxygen atoms in total. The number of benzene rings is 1. The van der Waals surface area contributed by atoms with Crippen LogP contribution in [0.2, 0.25) is 0 Å². The standard InChI is InChI=1S/C11H14ClNO2/c12-10(5-4-8-14)9-13(15)11-6-2-1-3-7-11/h1-3,6-7,9-10,14H,4-5,8H2/b13-9-. The average molecular weight is 228 g/mol. The fraction of sp³-hybridized carbons (Fsp3) is 0.364. The number of para-hydroxylation sites is 1. The molecule has 0 fully saturated rings. The molecule has 1 N–H and O–H groups in total. The molecule has 1 aromatic rings. The van der Waals surface area contributed by atoms with Gasteiger partial charge in [0.15, 0.2) is 6.21 Å². The molecule has 0 bridgehead atoms. The van der Waals surface area contributed by atoms with Gasteiger partial charge in [0.1, 0.15) is 5.38 Å². The fourth-order valence-electron chi connectivity index (χ4n) is 1.17. The minimum atomic E-state index is -0.338. The van der Waals surface area contributed by atoms with Crippen LogP contribution in [0.3, 0.4) is 0 Å². The van der Waals surface area contributed by atoms with Gasteiger partial charge < -0.3 is 10.3 Å². The Labute approximate surface area is 94.2 Å². The van der Waals surface area contributed by atoms with E-state index in [2.05, 4.69) is 0 Å². The second-order valence-electron chi connectivity index (χ2n) is 3.19. The van der Waals surface area contributed by atoms with Crippen LogP contribution >= 0.6 is 11.6 Å². The van der Waals surface area contributed by atoms with Crippen molar-refractivity contribution in [3.05, 3.63) is 35.5 Å². The molecule has 0 heterocycles. The summed E-state index contributed by atoms with van der Waals surface area (Å²) in [7, 11) is 0. The Morgan fingerprint density at radius 2 is 2.07 bits per heavy atom. The molecular formula is C11H14ClNO2. The maximum absolute atomic E-state index is 11.5. The lowest BCUT2D eigenvalue weighted by atomic mass is 10.2. The third-order valence-electron chi connectivity index (χ3n) is 1.95. The predicted octanol–water partition coefficient (Wildman–Crippen LogP) is 2.28. The van der Waals surface area contributed by atoms with E-state index in [-0.39, 0.29) is 12.0 Å². The highest BCUT2D eigenvalue weighted by atomic mass is 35.5. The normalized spacial score (nSPS) is 13.9. The molecule has 4 heteroatoms. The van der Waals surface area contributed by atoms with E-state index < -0.39 is 0 Å². The number of nitrogens with zero attached hydrogens (tertiary/aromatic N) is 1. The minimum absolute atomic E-state index is 0.0985. The van der Waals surface area contributed by atoms with Gasteiger partial charge >= 0.3 is 0 Å². The van der Waals surface area contributed by atoms with E-state index >= 15 is 0 Å². The van der Waals surface area contributed by atoms with Crippen molar-refractivity contribution in [2.45, 2.75) is 18.2 Å². The van der Waals surface area contributed by atoms with Crippen LogP contribution in [0, 0.1) is 5.21 Å². The first kappa shape index (κ1) is 12.0. The van der Waals surface area contributed by atoms with E-state index in [9.17, 15) is 5.21 Å². The van der Waals surface area contributed by atoms with Crippen molar-refractivity contribution in [1.82, 2.24) is 0 Å². The SMILES string of the molecule is [O-]/[N+](=C\C(Cl)CCCO)c1ccccc1. The molecule has 0 saturated carbocycles. The first-order chi connectivity index (χ1) is 7.24. The Morgan fingerprint density at radius 3 is 2.67 bits per heavy atom. The van der Waals surface area contributed by atoms with Crippen LogP contribution in [-0.4, -0.2) is 28.0 Å². The highest BCUT2D eigenvalue weighted by molar-refractivity contribution is 6.27. The van der Waals surface area contributed by atoms with E-state index in [0.29, 0.717) is 18.5 Å². The van der Waals surface area contributed by atoms with E-state index in [1.807, 2.05) is 6.07 Å². The summed E-state index contributed by atoms with van der Waals surface area (Å²) < 4.78 is 0.759. The highest BCUT2D eigenvalue weighted by Gasteiger charge is 2.06. The number of hydrogen-bond donors (Lipinski definition) is 1. The first-order valence-electron chi connectivity index (χ1n) is 4.85. The lowest BCUT2D eigenvalue weighted by molar-refractivity contribution is -0.356. The van der Waals surface area contributed by atoms with Gasteiger partial charge in [-0.3, -0.25) is 0 Å². The van der Waals surface area contributed by atoms with Crippen molar-refractivity contribution in [3.8, 4) is 0 Å². The van der Waals surface area contributed by atoms with Gasteiger partial charge in [0.05, 0.1) is 0 Å². The summed E-state index contributed by atoms with van der Waals surface area (Å²) >= 11 is 5.90. The number of rotatable bonds is 5. The van der Waals surface area contributed by atoms with Gasteiger partial charge in [-0.05, 0) is 12.8 Å². The molecule has 0 radical (unpaired) electrons. The molecular weight excluding hydrogens is 214 g/mol. The maximum atomic E-state index is 11.5. The molecule has 0 aromatic heterocycles. The van der Waals surface area contributed by atoms with Gasteiger partial charge in [0, 0.05) is 18.7 Å². The Kier molecular flexibility index (Phi) is 5.15. The number of alkyl halides is 1.